The van der Waals surface area contributed by atoms with Crippen molar-refractivity contribution in [3.8, 4) is 0 Å². The highest BCUT2D eigenvalue weighted by Gasteiger charge is 2.19. The third-order valence-electron chi connectivity index (χ3n) is 1.44. The SMILES string of the molecule is O=C1NCCC[C@H]1NO. The van der Waals surface area contributed by atoms with Gasteiger partial charge in [0.25, 0.3) is 0 Å². The lowest BCUT2D eigenvalue weighted by Gasteiger charge is -2.19. The van der Waals surface area contributed by atoms with Gasteiger partial charge in [-0.2, -0.15) is 5.48 Å². The minimum absolute atomic E-state index is 0.108. The van der Waals surface area contributed by atoms with E-state index < -0.39 is 6.04 Å². The van der Waals surface area contributed by atoms with Gasteiger partial charge in [-0.1, -0.05) is 0 Å². The number of carbonyl (C=O) groups excluding carboxylic acids is 1. The molecule has 1 heterocycles. The topological polar surface area (TPSA) is 61.4 Å². The van der Waals surface area contributed by atoms with Crippen molar-refractivity contribution in [3.05, 3.63) is 0 Å². The molecule has 1 rings (SSSR count). The Morgan fingerprint density at radius 3 is 3.00 bits per heavy atom. The quantitative estimate of drug-likeness (QED) is 0.409. The highest BCUT2D eigenvalue weighted by Crippen LogP contribution is 2.00. The lowest BCUT2D eigenvalue weighted by molar-refractivity contribution is -0.127. The van der Waals surface area contributed by atoms with Crippen LogP contribution in [0.5, 0.6) is 0 Å². The summed E-state index contributed by atoms with van der Waals surface area (Å²) in [5, 5.41) is 11.0. The molecule has 1 saturated heterocycles. The zero-order valence-corrected chi connectivity index (χ0v) is 5.05. The summed E-state index contributed by atoms with van der Waals surface area (Å²) in [5.41, 5.74) is 1.94. The monoisotopic (exact) mass is 130 g/mol. The zero-order chi connectivity index (χ0) is 6.69. The minimum Gasteiger partial charge on any atom is -0.355 e. The van der Waals surface area contributed by atoms with E-state index >= 15 is 0 Å². The van der Waals surface area contributed by atoms with Gasteiger partial charge >= 0.3 is 0 Å². The van der Waals surface area contributed by atoms with Gasteiger partial charge in [0, 0.05) is 6.54 Å². The van der Waals surface area contributed by atoms with E-state index in [1.54, 1.807) is 0 Å². The van der Waals surface area contributed by atoms with E-state index in [0.717, 1.165) is 19.4 Å². The highest BCUT2D eigenvalue weighted by atomic mass is 16.5. The number of amides is 1. The highest BCUT2D eigenvalue weighted by molar-refractivity contribution is 5.82. The molecule has 1 aliphatic heterocycles. The molecule has 1 atom stereocenters. The van der Waals surface area contributed by atoms with E-state index in [0.29, 0.717) is 0 Å². The Labute approximate surface area is 53.2 Å². The van der Waals surface area contributed by atoms with E-state index in [-0.39, 0.29) is 5.91 Å². The Hall–Kier alpha value is -0.610. The van der Waals surface area contributed by atoms with Crippen molar-refractivity contribution in [3.63, 3.8) is 0 Å². The van der Waals surface area contributed by atoms with Crippen LogP contribution < -0.4 is 10.8 Å². The normalized spacial score (nSPS) is 27.7. The van der Waals surface area contributed by atoms with Crippen LogP contribution in [0.15, 0.2) is 0 Å². The first-order valence-electron chi connectivity index (χ1n) is 3.02. The van der Waals surface area contributed by atoms with Crippen LogP contribution in [0, 0.1) is 0 Å². The van der Waals surface area contributed by atoms with Crippen molar-refractivity contribution < 1.29 is 10.0 Å². The number of hydrogen-bond acceptors (Lipinski definition) is 3. The van der Waals surface area contributed by atoms with E-state index in [9.17, 15) is 4.79 Å². The van der Waals surface area contributed by atoms with Crippen molar-refractivity contribution in [2.75, 3.05) is 6.54 Å². The second-order valence-electron chi connectivity index (χ2n) is 2.11. The Kier molecular flexibility index (Phi) is 2.02. The Bertz CT molecular complexity index is 116. The van der Waals surface area contributed by atoms with Crippen LogP contribution in [0.1, 0.15) is 12.8 Å². The van der Waals surface area contributed by atoms with Gasteiger partial charge in [-0.15, -0.1) is 0 Å². The van der Waals surface area contributed by atoms with E-state index in [4.69, 9.17) is 5.21 Å². The maximum absolute atomic E-state index is 10.7. The van der Waals surface area contributed by atoms with Crippen LogP contribution in [-0.2, 0) is 4.79 Å². The van der Waals surface area contributed by atoms with Crippen LogP contribution in [0.2, 0.25) is 0 Å². The number of carbonyl (C=O) groups is 1. The molecule has 0 bridgehead atoms. The first-order chi connectivity index (χ1) is 4.34. The van der Waals surface area contributed by atoms with Gasteiger partial charge < -0.3 is 10.5 Å². The molecule has 4 nitrogen and oxygen atoms in total. The molecule has 52 valence electrons. The molecular formula is C5H10N2O2. The smallest absolute Gasteiger partial charge is 0.239 e. The number of hydroxylamine groups is 1. The molecule has 0 saturated carbocycles. The summed E-state index contributed by atoms with van der Waals surface area (Å²) in [6.45, 7) is 0.733. The molecule has 0 aromatic carbocycles. The van der Waals surface area contributed by atoms with Gasteiger partial charge in [-0.3, -0.25) is 4.79 Å². The maximum Gasteiger partial charge on any atom is 0.239 e. The third kappa shape index (κ3) is 1.40. The van der Waals surface area contributed by atoms with Crippen molar-refractivity contribution in [2.24, 2.45) is 0 Å². The molecule has 1 aliphatic rings. The number of hydrogen-bond donors (Lipinski definition) is 3. The molecule has 0 aromatic heterocycles. The number of rotatable bonds is 1. The summed E-state index contributed by atoms with van der Waals surface area (Å²) in [7, 11) is 0. The van der Waals surface area contributed by atoms with Crippen molar-refractivity contribution in [2.45, 2.75) is 18.9 Å². The van der Waals surface area contributed by atoms with Gasteiger partial charge in [-0.25, -0.2) is 0 Å². The molecule has 0 aliphatic carbocycles. The van der Waals surface area contributed by atoms with Crippen LogP contribution >= 0.6 is 0 Å². The second kappa shape index (κ2) is 2.80. The summed E-state index contributed by atoms with van der Waals surface area (Å²) >= 11 is 0. The predicted molar refractivity (Wildman–Crippen MR) is 31.0 cm³/mol. The fourth-order valence-corrected chi connectivity index (χ4v) is 0.895. The molecule has 0 radical (unpaired) electrons. The van der Waals surface area contributed by atoms with Gasteiger partial charge in [0.15, 0.2) is 0 Å². The van der Waals surface area contributed by atoms with Crippen LogP contribution in [-0.4, -0.2) is 23.7 Å². The predicted octanol–water partition coefficient (Wildman–Crippen LogP) is -0.756. The molecule has 3 N–H and O–H groups in total. The molecule has 1 amide bonds. The molecule has 0 aromatic rings. The van der Waals surface area contributed by atoms with Crippen LogP contribution in [0.4, 0.5) is 0 Å². The first-order valence-corrected chi connectivity index (χ1v) is 3.02. The number of nitrogens with one attached hydrogen (secondary N) is 2. The second-order valence-corrected chi connectivity index (χ2v) is 2.11. The van der Waals surface area contributed by atoms with E-state index in [1.807, 2.05) is 5.48 Å². The lowest BCUT2D eigenvalue weighted by Crippen LogP contribution is -2.47. The summed E-state index contributed by atoms with van der Waals surface area (Å²) < 4.78 is 0. The van der Waals surface area contributed by atoms with E-state index in [2.05, 4.69) is 5.32 Å². The lowest BCUT2D eigenvalue weighted by atomic mass is 10.1. The minimum atomic E-state index is -0.390. The average molecular weight is 130 g/mol. The van der Waals surface area contributed by atoms with Crippen LogP contribution in [0.3, 0.4) is 0 Å². The van der Waals surface area contributed by atoms with Crippen molar-refractivity contribution >= 4 is 5.91 Å². The standard InChI is InChI=1S/C5H10N2O2/c8-5-4(7-9)2-1-3-6-5/h4,7,9H,1-3H2,(H,6,8)/t4-/m1/s1. The summed E-state index contributed by atoms with van der Waals surface area (Å²) in [6, 6.07) is -0.390. The van der Waals surface area contributed by atoms with Gasteiger partial charge in [0.2, 0.25) is 5.91 Å². The summed E-state index contributed by atoms with van der Waals surface area (Å²) in [4.78, 5) is 10.7. The fourth-order valence-electron chi connectivity index (χ4n) is 0.895. The molecule has 1 fully saturated rings. The molecular weight excluding hydrogens is 120 g/mol. The first kappa shape index (κ1) is 6.51. The zero-order valence-electron chi connectivity index (χ0n) is 5.05. The van der Waals surface area contributed by atoms with Crippen molar-refractivity contribution in [1.29, 1.82) is 0 Å². The Balaban J connectivity index is 2.39. The van der Waals surface area contributed by atoms with Gasteiger partial charge in [-0.05, 0) is 12.8 Å². The summed E-state index contributed by atoms with van der Waals surface area (Å²) in [5.74, 6) is -0.108. The molecule has 0 spiro atoms. The third-order valence-corrected chi connectivity index (χ3v) is 1.44. The fraction of sp³-hybridized carbons (Fsp3) is 0.800. The summed E-state index contributed by atoms with van der Waals surface area (Å²) in [6.07, 6.45) is 1.66. The maximum atomic E-state index is 10.7. The largest absolute Gasteiger partial charge is 0.355 e. The van der Waals surface area contributed by atoms with E-state index in [1.165, 1.54) is 0 Å². The van der Waals surface area contributed by atoms with Crippen LogP contribution in [0.25, 0.3) is 0 Å². The van der Waals surface area contributed by atoms with Gasteiger partial charge in [0.1, 0.15) is 6.04 Å². The molecule has 0 unspecified atom stereocenters. The average Bonchev–Trinajstić information content (AvgIpc) is 1.89. The molecule has 9 heavy (non-hydrogen) atoms. The number of piperidine rings is 1. The van der Waals surface area contributed by atoms with Crippen molar-refractivity contribution in [1.82, 2.24) is 10.8 Å². The molecule has 4 heteroatoms. The Morgan fingerprint density at radius 2 is 2.56 bits per heavy atom. The van der Waals surface area contributed by atoms with Gasteiger partial charge in [0.05, 0.1) is 0 Å². The Morgan fingerprint density at radius 1 is 1.78 bits per heavy atom.